The SMILES string of the molecule is CCCC(O)(CCC)Cc1cc(F)ccc1F. The highest BCUT2D eigenvalue weighted by molar-refractivity contribution is 5.20. The van der Waals surface area contributed by atoms with Crippen LogP contribution in [0.4, 0.5) is 8.78 Å². The van der Waals surface area contributed by atoms with Crippen molar-refractivity contribution in [2.24, 2.45) is 0 Å². The molecule has 3 heteroatoms. The highest BCUT2D eigenvalue weighted by Gasteiger charge is 2.26. The zero-order valence-electron chi connectivity index (χ0n) is 10.5. The molecule has 1 N–H and O–H groups in total. The molecule has 1 aromatic rings. The van der Waals surface area contributed by atoms with E-state index in [-0.39, 0.29) is 12.0 Å². The molecule has 96 valence electrons. The maximum Gasteiger partial charge on any atom is 0.126 e. The second-order valence-electron chi connectivity index (χ2n) is 4.64. The van der Waals surface area contributed by atoms with E-state index in [1.807, 2.05) is 13.8 Å². The van der Waals surface area contributed by atoms with Gasteiger partial charge in [0.1, 0.15) is 11.6 Å². The summed E-state index contributed by atoms with van der Waals surface area (Å²) in [6, 6.07) is 3.38. The Labute approximate surface area is 101 Å². The molecule has 0 amide bonds. The average Bonchev–Trinajstić information content (AvgIpc) is 2.24. The summed E-state index contributed by atoms with van der Waals surface area (Å²) in [5, 5.41) is 10.4. The van der Waals surface area contributed by atoms with Crippen LogP contribution >= 0.6 is 0 Å². The van der Waals surface area contributed by atoms with Gasteiger partial charge in [0.05, 0.1) is 5.60 Å². The lowest BCUT2D eigenvalue weighted by Gasteiger charge is -2.27. The summed E-state index contributed by atoms with van der Waals surface area (Å²) < 4.78 is 26.5. The number of hydrogen-bond donors (Lipinski definition) is 1. The van der Waals surface area contributed by atoms with Gasteiger partial charge in [-0.05, 0) is 36.6 Å². The van der Waals surface area contributed by atoms with Gasteiger partial charge in [0.2, 0.25) is 0 Å². The summed E-state index contributed by atoms with van der Waals surface area (Å²) in [7, 11) is 0. The molecule has 0 aliphatic carbocycles. The smallest absolute Gasteiger partial charge is 0.126 e. The first-order chi connectivity index (χ1) is 8.00. The van der Waals surface area contributed by atoms with Crippen LogP contribution in [-0.2, 0) is 6.42 Å². The van der Waals surface area contributed by atoms with Gasteiger partial charge in [-0.1, -0.05) is 26.7 Å². The fourth-order valence-corrected chi connectivity index (χ4v) is 2.27. The average molecular weight is 242 g/mol. The van der Waals surface area contributed by atoms with Crippen LogP contribution < -0.4 is 0 Å². The van der Waals surface area contributed by atoms with Gasteiger partial charge in [0.25, 0.3) is 0 Å². The molecule has 0 bridgehead atoms. The first kappa shape index (κ1) is 14.1. The Morgan fingerprint density at radius 2 is 1.71 bits per heavy atom. The van der Waals surface area contributed by atoms with Crippen molar-refractivity contribution < 1.29 is 13.9 Å². The van der Waals surface area contributed by atoms with E-state index < -0.39 is 17.2 Å². The van der Waals surface area contributed by atoms with Gasteiger partial charge in [-0.25, -0.2) is 8.78 Å². The molecule has 1 rings (SSSR count). The maximum atomic E-state index is 13.5. The van der Waals surface area contributed by atoms with E-state index >= 15 is 0 Å². The zero-order valence-corrected chi connectivity index (χ0v) is 10.5. The van der Waals surface area contributed by atoms with Crippen molar-refractivity contribution in [1.29, 1.82) is 0 Å². The van der Waals surface area contributed by atoms with Crippen LogP contribution in [0.2, 0.25) is 0 Å². The predicted octanol–water partition coefficient (Wildman–Crippen LogP) is 3.84. The predicted molar refractivity (Wildman–Crippen MR) is 64.8 cm³/mol. The maximum absolute atomic E-state index is 13.5. The molecule has 0 atom stereocenters. The summed E-state index contributed by atoms with van der Waals surface area (Å²) in [6.45, 7) is 3.95. The van der Waals surface area contributed by atoms with Crippen LogP contribution in [0.25, 0.3) is 0 Å². The topological polar surface area (TPSA) is 20.2 Å². The van der Waals surface area contributed by atoms with Crippen LogP contribution in [0, 0.1) is 11.6 Å². The van der Waals surface area contributed by atoms with Gasteiger partial charge in [-0.2, -0.15) is 0 Å². The highest BCUT2D eigenvalue weighted by atomic mass is 19.1. The van der Waals surface area contributed by atoms with E-state index in [1.54, 1.807) is 0 Å². The van der Waals surface area contributed by atoms with Gasteiger partial charge >= 0.3 is 0 Å². The Kier molecular flexibility index (Phi) is 5.06. The molecule has 0 spiro atoms. The Bertz CT molecular complexity index is 357. The summed E-state index contributed by atoms with van der Waals surface area (Å²) in [5.41, 5.74) is -0.660. The van der Waals surface area contributed by atoms with E-state index in [9.17, 15) is 13.9 Å². The van der Waals surface area contributed by atoms with E-state index in [0.717, 1.165) is 25.0 Å². The molecule has 17 heavy (non-hydrogen) atoms. The fraction of sp³-hybridized carbons (Fsp3) is 0.571. The van der Waals surface area contributed by atoms with Gasteiger partial charge < -0.3 is 5.11 Å². The van der Waals surface area contributed by atoms with Gasteiger partial charge in [0, 0.05) is 6.42 Å². The molecule has 1 nitrogen and oxygen atoms in total. The molecular weight excluding hydrogens is 222 g/mol. The molecule has 0 heterocycles. The van der Waals surface area contributed by atoms with Crippen LogP contribution in [0.15, 0.2) is 18.2 Å². The van der Waals surface area contributed by atoms with Crippen molar-refractivity contribution >= 4 is 0 Å². The largest absolute Gasteiger partial charge is 0.390 e. The molecule has 0 saturated carbocycles. The van der Waals surface area contributed by atoms with Crippen molar-refractivity contribution in [2.45, 2.75) is 51.6 Å². The second kappa shape index (κ2) is 6.10. The summed E-state index contributed by atoms with van der Waals surface area (Å²) in [6.07, 6.45) is 3.05. The van der Waals surface area contributed by atoms with Crippen molar-refractivity contribution in [3.8, 4) is 0 Å². The third kappa shape index (κ3) is 4.08. The number of hydrogen-bond acceptors (Lipinski definition) is 1. The van der Waals surface area contributed by atoms with E-state index in [1.165, 1.54) is 6.07 Å². The standard InChI is InChI=1S/C14H20F2O/c1-3-7-14(17,8-4-2)10-11-9-12(15)5-6-13(11)16/h5-6,9,17H,3-4,7-8,10H2,1-2H3. The quantitative estimate of drug-likeness (QED) is 0.803. The Morgan fingerprint density at radius 1 is 1.12 bits per heavy atom. The summed E-state index contributed by atoms with van der Waals surface area (Å²) in [5.74, 6) is -0.909. The first-order valence-corrected chi connectivity index (χ1v) is 6.17. The van der Waals surface area contributed by atoms with Gasteiger partial charge in [-0.15, -0.1) is 0 Å². The Balaban J connectivity index is 2.88. The van der Waals surface area contributed by atoms with Crippen molar-refractivity contribution in [3.05, 3.63) is 35.4 Å². The number of benzene rings is 1. The molecule has 0 radical (unpaired) electrons. The normalized spacial score (nSPS) is 11.8. The van der Waals surface area contributed by atoms with E-state index in [0.29, 0.717) is 12.8 Å². The third-order valence-corrected chi connectivity index (χ3v) is 2.96. The van der Waals surface area contributed by atoms with Crippen LogP contribution in [0.3, 0.4) is 0 Å². The highest BCUT2D eigenvalue weighted by Crippen LogP contribution is 2.26. The zero-order chi connectivity index (χ0) is 12.9. The lowest BCUT2D eigenvalue weighted by molar-refractivity contribution is 0.0208. The van der Waals surface area contributed by atoms with Crippen LogP contribution in [0.1, 0.15) is 45.1 Å². The number of aliphatic hydroxyl groups is 1. The van der Waals surface area contributed by atoms with Gasteiger partial charge in [-0.3, -0.25) is 0 Å². The fourth-order valence-electron chi connectivity index (χ4n) is 2.27. The van der Waals surface area contributed by atoms with E-state index in [4.69, 9.17) is 0 Å². The summed E-state index contributed by atoms with van der Waals surface area (Å²) >= 11 is 0. The second-order valence-corrected chi connectivity index (χ2v) is 4.64. The monoisotopic (exact) mass is 242 g/mol. The first-order valence-electron chi connectivity index (χ1n) is 6.17. The molecule has 0 saturated heterocycles. The molecule has 1 aromatic carbocycles. The Morgan fingerprint density at radius 3 is 2.24 bits per heavy atom. The van der Waals surface area contributed by atoms with Crippen molar-refractivity contribution in [3.63, 3.8) is 0 Å². The van der Waals surface area contributed by atoms with Crippen LogP contribution in [-0.4, -0.2) is 10.7 Å². The van der Waals surface area contributed by atoms with Crippen LogP contribution in [0.5, 0.6) is 0 Å². The molecule has 0 fully saturated rings. The van der Waals surface area contributed by atoms with Crippen molar-refractivity contribution in [2.75, 3.05) is 0 Å². The third-order valence-electron chi connectivity index (χ3n) is 2.96. The number of rotatable bonds is 6. The molecule has 0 aliphatic heterocycles. The lowest BCUT2D eigenvalue weighted by Crippen LogP contribution is -2.31. The molecule has 0 aliphatic rings. The van der Waals surface area contributed by atoms with E-state index in [2.05, 4.69) is 0 Å². The molecular formula is C14H20F2O. The van der Waals surface area contributed by atoms with Gasteiger partial charge in [0.15, 0.2) is 0 Å². The minimum atomic E-state index is -0.919. The van der Waals surface area contributed by atoms with Crippen molar-refractivity contribution in [1.82, 2.24) is 0 Å². The minimum Gasteiger partial charge on any atom is -0.390 e. The Hall–Kier alpha value is -0.960. The molecule has 0 unspecified atom stereocenters. The molecule has 0 aromatic heterocycles. The summed E-state index contributed by atoms with van der Waals surface area (Å²) in [4.78, 5) is 0. The minimum absolute atomic E-state index is 0.179. The number of halogens is 2. The lowest BCUT2D eigenvalue weighted by atomic mass is 9.86.